The average molecular weight is 281 g/mol. The van der Waals surface area contributed by atoms with Crippen LogP contribution < -0.4 is 0 Å². The van der Waals surface area contributed by atoms with Crippen molar-refractivity contribution in [3.05, 3.63) is 0 Å². The van der Waals surface area contributed by atoms with Gasteiger partial charge in [0.15, 0.2) is 9.84 Å². The molecule has 1 rings (SSSR count). The monoisotopic (exact) mass is 281 g/mol. The summed E-state index contributed by atoms with van der Waals surface area (Å²) in [5, 5.41) is 18.2. The first-order valence-electron chi connectivity index (χ1n) is 5.82. The number of rotatable bonds is 5. The van der Waals surface area contributed by atoms with Crippen molar-refractivity contribution < 1.29 is 28.2 Å². The summed E-state index contributed by atoms with van der Waals surface area (Å²) < 4.78 is 27.6. The maximum atomic E-state index is 11.7. The minimum atomic E-state index is -3.13. The number of amides is 1. The van der Waals surface area contributed by atoms with Crippen molar-refractivity contribution in [2.75, 3.05) is 31.3 Å². The number of ether oxygens (including phenoxy) is 1. The summed E-state index contributed by atoms with van der Waals surface area (Å²) in [5.41, 5.74) is 0. The largest absolute Gasteiger partial charge is 0.450 e. The van der Waals surface area contributed by atoms with Crippen LogP contribution in [0.1, 0.15) is 13.3 Å². The average Bonchev–Trinajstić information content (AvgIpc) is 2.66. The quantitative estimate of drug-likeness (QED) is 0.669. The van der Waals surface area contributed by atoms with E-state index in [1.54, 1.807) is 6.92 Å². The number of aliphatic hydroxyl groups is 2. The van der Waals surface area contributed by atoms with E-state index < -0.39 is 34.7 Å². The van der Waals surface area contributed by atoms with Crippen LogP contribution in [0.2, 0.25) is 0 Å². The number of nitrogens with zero attached hydrogens (tertiary/aromatic N) is 1. The van der Waals surface area contributed by atoms with Crippen LogP contribution in [0.3, 0.4) is 0 Å². The van der Waals surface area contributed by atoms with E-state index >= 15 is 0 Å². The van der Waals surface area contributed by atoms with E-state index in [9.17, 15) is 18.3 Å². The van der Waals surface area contributed by atoms with Gasteiger partial charge in [-0.05, 0) is 13.3 Å². The standard InChI is InChI=1S/C10H19NO6S/c1-2-17-10(14)11(5-9(13)6-12)8-3-4-18(15,16)7-8/h8-9,12-13H,2-7H2,1H3/t8-,9-/m1/s1. The number of carbonyl (C=O) groups is 1. The van der Waals surface area contributed by atoms with Crippen LogP contribution in [0.25, 0.3) is 0 Å². The molecule has 0 aliphatic carbocycles. The topological polar surface area (TPSA) is 104 Å². The Morgan fingerprint density at radius 3 is 2.67 bits per heavy atom. The maximum Gasteiger partial charge on any atom is 0.410 e. The van der Waals surface area contributed by atoms with E-state index in [1.807, 2.05) is 0 Å². The first-order chi connectivity index (χ1) is 8.39. The molecule has 106 valence electrons. The molecule has 0 radical (unpaired) electrons. The molecule has 0 saturated carbocycles. The number of carbonyl (C=O) groups excluding carboxylic acids is 1. The van der Waals surface area contributed by atoms with Crippen LogP contribution >= 0.6 is 0 Å². The molecule has 2 N–H and O–H groups in total. The van der Waals surface area contributed by atoms with Gasteiger partial charge in [0.2, 0.25) is 0 Å². The minimum absolute atomic E-state index is 0.0305. The third-order valence-corrected chi connectivity index (χ3v) is 4.52. The molecule has 0 aromatic carbocycles. The van der Waals surface area contributed by atoms with Gasteiger partial charge in [-0.3, -0.25) is 0 Å². The summed E-state index contributed by atoms with van der Waals surface area (Å²) in [5.74, 6) is -0.0905. The number of hydrogen-bond donors (Lipinski definition) is 2. The Bertz CT molecular complexity index is 382. The highest BCUT2D eigenvalue weighted by Gasteiger charge is 2.36. The Labute approximate surface area is 106 Å². The van der Waals surface area contributed by atoms with Crippen LogP contribution in [0.5, 0.6) is 0 Å². The van der Waals surface area contributed by atoms with Gasteiger partial charge in [0, 0.05) is 0 Å². The lowest BCUT2D eigenvalue weighted by Crippen LogP contribution is -2.46. The molecule has 0 bridgehead atoms. The zero-order chi connectivity index (χ0) is 13.8. The minimum Gasteiger partial charge on any atom is -0.450 e. The van der Waals surface area contributed by atoms with E-state index in [1.165, 1.54) is 4.90 Å². The zero-order valence-corrected chi connectivity index (χ0v) is 11.1. The highest BCUT2D eigenvalue weighted by molar-refractivity contribution is 7.91. The molecule has 0 spiro atoms. The first-order valence-corrected chi connectivity index (χ1v) is 7.64. The molecule has 1 heterocycles. The summed E-state index contributed by atoms with van der Waals surface area (Å²) >= 11 is 0. The molecule has 1 aliphatic heterocycles. The molecule has 1 amide bonds. The van der Waals surface area contributed by atoms with Crippen LogP contribution in [0.4, 0.5) is 4.79 Å². The zero-order valence-electron chi connectivity index (χ0n) is 10.3. The predicted octanol–water partition coefficient (Wildman–Crippen LogP) is -1.01. The van der Waals surface area contributed by atoms with Crippen molar-refractivity contribution >= 4 is 15.9 Å². The molecular weight excluding hydrogens is 262 g/mol. The molecule has 1 aliphatic rings. The second-order valence-electron chi connectivity index (χ2n) is 4.24. The van der Waals surface area contributed by atoms with E-state index in [2.05, 4.69) is 0 Å². The molecule has 0 aromatic heterocycles. The van der Waals surface area contributed by atoms with Crippen molar-refractivity contribution in [2.24, 2.45) is 0 Å². The summed E-state index contributed by atoms with van der Waals surface area (Å²) in [4.78, 5) is 12.9. The van der Waals surface area contributed by atoms with E-state index in [0.29, 0.717) is 6.42 Å². The Morgan fingerprint density at radius 2 is 2.22 bits per heavy atom. The molecule has 1 saturated heterocycles. The second-order valence-corrected chi connectivity index (χ2v) is 6.47. The van der Waals surface area contributed by atoms with Crippen LogP contribution in [0, 0.1) is 0 Å². The smallest absolute Gasteiger partial charge is 0.410 e. The van der Waals surface area contributed by atoms with Gasteiger partial charge in [-0.1, -0.05) is 0 Å². The van der Waals surface area contributed by atoms with Crippen LogP contribution in [-0.4, -0.2) is 73.0 Å². The van der Waals surface area contributed by atoms with Crippen molar-refractivity contribution in [1.82, 2.24) is 4.90 Å². The lowest BCUT2D eigenvalue weighted by Gasteiger charge is -2.28. The second kappa shape index (κ2) is 6.35. The first kappa shape index (κ1) is 15.2. The highest BCUT2D eigenvalue weighted by atomic mass is 32.2. The molecule has 0 aromatic rings. The summed E-state index contributed by atoms with van der Waals surface area (Å²) in [6, 6.07) is -0.491. The van der Waals surface area contributed by atoms with Gasteiger partial charge in [0.05, 0.1) is 43.4 Å². The Balaban J connectivity index is 2.74. The lowest BCUT2D eigenvalue weighted by atomic mass is 10.2. The van der Waals surface area contributed by atoms with Crippen LogP contribution in [0.15, 0.2) is 0 Å². The van der Waals surface area contributed by atoms with Crippen molar-refractivity contribution in [3.8, 4) is 0 Å². The molecule has 1 fully saturated rings. The fourth-order valence-electron chi connectivity index (χ4n) is 1.89. The number of aliphatic hydroxyl groups excluding tert-OH is 2. The maximum absolute atomic E-state index is 11.7. The van der Waals surface area contributed by atoms with Gasteiger partial charge >= 0.3 is 6.09 Å². The fourth-order valence-corrected chi connectivity index (χ4v) is 3.62. The predicted molar refractivity (Wildman–Crippen MR) is 63.9 cm³/mol. The fraction of sp³-hybridized carbons (Fsp3) is 0.900. The molecule has 7 nitrogen and oxygen atoms in total. The van der Waals surface area contributed by atoms with Crippen molar-refractivity contribution in [3.63, 3.8) is 0 Å². The van der Waals surface area contributed by atoms with Crippen molar-refractivity contribution in [2.45, 2.75) is 25.5 Å². The van der Waals surface area contributed by atoms with E-state index in [0.717, 1.165) is 0 Å². The Kier molecular flexibility index (Phi) is 5.36. The number of hydrogen-bond acceptors (Lipinski definition) is 6. The van der Waals surface area contributed by atoms with Gasteiger partial charge in [0.25, 0.3) is 0 Å². The molecule has 2 atom stereocenters. The summed E-state index contributed by atoms with van der Waals surface area (Å²) in [6.45, 7) is 1.19. The van der Waals surface area contributed by atoms with Crippen LogP contribution in [-0.2, 0) is 14.6 Å². The summed E-state index contributed by atoms with van der Waals surface area (Å²) in [6.07, 6.45) is -1.43. The summed E-state index contributed by atoms with van der Waals surface area (Å²) in [7, 11) is -3.13. The van der Waals surface area contributed by atoms with E-state index in [4.69, 9.17) is 9.84 Å². The van der Waals surface area contributed by atoms with Gasteiger partial charge in [-0.25, -0.2) is 13.2 Å². The molecule has 0 unspecified atom stereocenters. The van der Waals surface area contributed by atoms with Gasteiger partial charge in [0.1, 0.15) is 0 Å². The van der Waals surface area contributed by atoms with Crippen molar-refractivity contribution in [1.29, 1.82) is 0 Å². The molecule has 18 heavy (non-hydrogen) atoms. The van der Waals surface area contributed by atoms with E-state index in [-0.39, 0.29) is 24.7 Å². The van der Waals surface area contributed by atoms with Gasteiger partial charge in [-0.15, -0.1) is 0 Å². The Morgan fingerprint density at radius 1 is 1.56 bits per heavy atom. The normalized spacial score (nSPS) is 23.6. The molecule has 8 heteroatoms. The van der Waals surface area contributed by atoms with Gasteiger partial charge < -0.3 is 19.8 Å². The third kappa shape index (κ3) is 4.11. The third-order valence-electron chi connectivity index (χ3n) is 2.77. The lowest BCUT2D eigenvalue weighted by molar-refractivity contribution is 0.0375. The SMILES string of the molecule is CCOC(=O)N(C[C@@H](O)CO)[C@@H]1CCS(=O)(=O)C1. The van der Waals surface area contributed by atoms with Gasteiger partial charge in [-0.2, -0.15) is 0 Å². The molecular formula is C10H19NO6S. The highest BCUT2D eigenvalue weighted by Crippen LogP contribution is 2.19. The Hall–Kier alpha value is -0.860. The number of sulfone groups is 1.